The molecule has 0 N–H and O–H groups in total. The third kappa shape index (κ3) is 3.10. The van der Waals surface area contributed by atoms with Crippen LogP contribution in [-0.2, 0) is 4.79 Å². The molecule has 1 aromatic carbocycles. The average molecular weight is 280 g/mol. The van der Waals surface area contributed by atoms with Gasteiger partial charge in [0.05, 0.1) is 12.3 Å². The maximum atomic E-state index is 12.1. The monoisotopic (exact) mass is 279 g/mol. The van der Waals surface area contributed by atoms with E-state index in [1.165, 1.54) is 0 Å². The molecular formula is C15H18ClNO2. The van der Waals surface area contributed by atoms with Crippen LogP contribution in [0.4, 0.5) is 5.69 Å². The average Bonchev–Trinajstić information content (AvgIpc) is 2.78. The van der Waals surface area contributed by atoms with E-state index in [0.717, 1.165) is 12.1 Å². The Morgan fingerprint density at radius 3 is 3.00 bits per heavy atom. The number of ether oxygens (including phenoxy) is 1. The van der Waals surface area contributed by atoms with Gasteiger partial charge in [-0.15, -0.1) is 6.58 Å². The molecule has 1 saturated heterocycles. The van der Waals surface area contributed by atoms with Gasteiger partial charge in [0.25, 0.3) is 0 Å². The molecule has 1 amide bonds. The lowest BCUT2D eigenvalue weighted by Gasteiger charge is -2.20. The molecule has 1 aliphatic heterocycles. The Kier molecular flexibility index (Phi) is 4.48. The van der Waals surface area contributed by atoms with E-state index >= 15 is 0 Å². The first-order valence-electron chi connectivity index (χ1n) is 6.51. The summed E-state index contributed by atoms with van der Waals surface area (Å²) in [4.78, 5) is 13.8. The van der Waals surface area contributed by atoms with E-state index in [1.807, 2.05) is 19.1 Å². The molecule has 4 heteroatoms. The molecule has 1 atom stereocenters. The van der Waals surface area contributed by atoms with Gasteiger partial charge in [0.1, 0.15) is 5.75 Å². The Morgan fingerprint density at radius 2 is 2.37 bits per heavy atom. The number of hydrogen-bond donors (Lipinski definition) is 0. The summed E-state index contributed by atoms with van der Waals surface area (Å²) in [6.07, 6.45) is 3.25. The number of hydrogen-bond acceptors (Lipinski definition) is 2. The standard InChI is InChI=1S/C15H18ClNO2/c1-3-7-19-14-6-5-12(16)9-13(14)17-10-11(4-2)8-15(17)18/h4-6,9,11H,2-3,7-8,10H2,1H3. The SMILES string of the molecule is C=CC1CC(=O)N(c2cc(Cl)ccc2OCCC)C1. The molecule has 3 nitrogen and oxygen atoms in total. The fourth-order valence-corrected chi connectivity index (χ4v) is 2.33. The molecule has 1 fully saturated rings. The van der Waals surface area contributed by atoms with E-state index in [2.05, 4.69) is 6.58 Å². The molecule has 0 saturated carbocycles. The first-order chi connectivity index (χ1) is 9.15. The summed E-state index contributed by atoms with van der Waals surface area (Å²) < 4.78 is 5.69. The highest BCUT2D eigenvalue weighted by Crippen LogP contribution is 2.35. The molecule has 0 spiro atoms. The Labute approximate surface area is 118 Å². The number of nitrogens with zero attached hydrogens (tertiary/aromatic N) is 1. The van der Waals surface area contributed by atoms with Gasteiger partial charge in [-0.3, -0.25) is 4.79 Å². The van der Waals surface area contributed by atoms with Crippen molar-refractivity contribution in [3.05, 3.63) is 35.9 Å². The van der Waals surface area contributed by atoms with Crippen LogP contribution >= 0.6 is 11.6 Å². The van der Waals surface area contributed by atoms with Crippen LogP contribution in [0, 0.1) is 5.92 Å². The van der Waals surface area contributed by atoms with Gasteiger partial charge in [-0.2, -0.15) is 0 Å². The van der Waals surface area contributed by atoms with Crippen molar-refractivity contribution in [3.63, 3.8) is 0 Å². The van der Waals surface area contributed by atoms with Crippen LogP contribution in [0.15, 0.2) is 30.9 Å². The predicted octanol–water partition coefficient (Wildman–Crippen LogP) is 3.67. The molecule has 2 rings (SSSR count). The van der Waals surface area contributed by atoms with E-state index < -0.39 is 0 Å². The van der Waals surface area contributed by atoms with Crippen molar-refractivity contribution in [2.24, 2.45) is 5.92 Å². The molecule has 0 aliphatic carbocycles. The Balaban J connectivity index is 2.29. The number of amides is 1. The van der Waals surface area contributed by atoms with E-state index in [4.69, 9.17) is 16.3 Å². The van der Waals surface area contributed by atoms with Gasteiger partial charge < -0.3 is 9.64 Å². The second-order valence-electron chi connectivity index (χ2n) is 4.66. The fourth-order valence-electron chi connectivity index (χ4n) is 2.16. The van der Waals surface area contributed by atoms with Crippen LogP contribution in [0.1, 0.15) is 19.8 Å². The van der Waals surface area contributed by atoms with Gasteiger partial charge in [0.15, 0.2) is 0 Å². The van der Waals surface area contributed by atoms with Gasteiger partial charge in [0.2, 0.25) is 5.91 Å². The maximum absolute atomic E-state index is 12.1. The molecule has 102 valence electrons. The topological polar surface area (TPSA) is 29.5 Å². The minimum absolute atomic E-state index is 0.0912. The maximum Gasteiger partial charge on any atom is 0.227 e. The van der Waals surface area contributed by atoms with Crippen LogP contribution < -0.4 is 9.64 Å². The Hall–Kier alpha value is -1.48. The normalized spacial score (nSPS) is 18.7. The summed E-state index contributed by atoms with van der Waals surface area (Å²) >= 11 is 6.03. The van der Waals surface area contributed by atoms with Crippen LogP contribution in [0.3, 0.4) is 0 Å². The van der Waals surface area contributed by atoms with Crippen LogP contribution in [-0.4, -0.2) is 19.1 Å². The predicted molar refractivity (Wildman–Crippen MR) is 77.9 cm³/mol. The van der Waals surface area contributed by atoms with Crippen molar-refractivity contribution in [1.82, 2.24) is 0 Å². The van der Waals surface area contributed by atoms with Gasteiger partial charge in [-0.1, -0.05) is 24.6 Å². The molecule has 1 aliphatic rings. The lowest BCUT2D eigenvalue weighted by Crippen LogP contribution is -2.25. The number of benzene rings is 1. The third-order valence-electron chi connectivity index (χ3n) is 3.16. The molecule has 0 bridgehead atoms. The van der Waals surface area contributed by atoms with E-state index in [-0.39, 0.29) is 11.8 Å². The van der Waals surface area contributed by atoms with E-state index in [9.17, 15) is 4.79 Å². The van der Waals surface area contributed by atoms with Crippen molar-refractivity contribution in [3.8, 4) is 5.75 Å². The highest BCUT2D eigenvalue weighted by molar-refractivity contribution is 6.31. The Morgan fingerprint density at radius 1 is 1.58 bits per heavy atom. The first-order valence-corrected chi connectivity index (χ1v) is 6.88. The van der Waals surface area contributed by atoms with Gasteiger partial charge in [-0.25, -0.2) is 0 Å². The van der Waals surface area contributed by atoms with Crippen molar-refractivity contribution in [2.45, 2.75) is 19.8 Å². The zero-order valence-electron chi connectivity index (χ0n) is 11.1. The quantitative estimate of drug-likeness (QED) is 0.770. The first kappa shape index (κ1) is 13.9. The summed E-state index contributed by atoms with van der Waals surface area (Å²) in [7, 11) is 0. The minimum atomic E-state index is 0.0912. The fraction of sp³-hybridized carbons (Fsp3) is 0.400. The lowest BCUT2D eigenvalue weighted by molar-refractivity contribution is -0.117. The van der Waals surface area contributed by atoms with Crippen molar-refractivity contribution in [2.75, 3.05) is 18.1 Å². The highest BCUT2D eigenvalue weighted by Gasteiger charge is 2.30. The van der Waals surface area contributed by atoms with Gasteiger partial charge >= 0.3 is 0 Å². The van der Waals surface area contributed by atoms with Crippen molar-refractivity contribution >= 4 is 23.2 Å². The molecule has 1 heterocycles. The van der Waals surface area contributed by atoms with Crippen LogP contribution in [0.5, 0.6) is 5.75 Å². The number of rotatable bonds is 5. The van der Waals surface area contributed by atoms with Crippen LogP contribution in [0.2, 0.25) is 5.02 Å². The second-order valence-corrected chi connectivity index (χ2v) is 5.10. The third-order valence-corrected chi connectivity index (χ3v) is 3.40. The highest BCUT2D eigenvalue weighted by atomic mass is 35.5. The van der Waals surface area contributed by atoms with Crippen molar-refractivity contribution < 1.29 is 9.53 Å². The molecule has 1 aromatic rings. The summed E-state index contributed by atoms with van der Waals surface area (Å²) in [5.74, 6) is 1.00. The van der Waals surface area contributed by atoms with E-state index in [0.29, 0.717) is 30.3 Å². The number of carbonyl (C=O) groups is 1. The van der Waals surface area contributed by atoms with Gasteiger partial charge in [-0.05, 0) is 24.6 Å². The molecule has 19 heavy (non-hydrogen) atoms. The molecule has 0 aromatic heterocycles. The summed E-state index contributed by atoms with van der Waals surface area (Å²) in [5.41, 5.74) is 0.760. The summed E-state index contributed by atoms with van der Waals surface area (Å²) in [6.45, 7) is 7.08. The zero-order chi connectivity index (χ0) is 13.8. The van der Waals surface area contributed by atoms with E-state index in [1.54, 1.807) is 17.0 Å². The zero-order valence-corrected chi connectivity index (χ0v) is 11.8. The lowest BCUT2D eigenvalue weighted by atomic mass is 10.1. The Bertz CT molecular complexity index is 487. The van der Waals surface area contributed by atoms with Gasteiger partial charge in [0, 0.05) is 23.9 Å². The molecular weight excluding hydrogens is 262 g/mol. The summed E-state index contributed by atoms with van der Waals surface area (Å²) in [5, 5.41) is 0.605. The number of halogens is 1. The van der Waals surface area contributed by atoms with Crippen LogP contribution in [0.25, 0.3) is 0 Å². The smallest absolute Gasteiger partial charge is 0.227 e. The van der Waals surface area contributed by atoms with Crippen molar-refractivity contribution in [1.29, 1.82) is 0 Å². The molecule has 0 radical (unpaired) electrons. The summed E-state index contributed by atoms with van der Waals surface area (Å²) in [6, 6.07) is 5.39. The molecule has 1 unspecified atom stereocenters. The second kappa shape index (κ2) is 6.11. The largest absolute Gasteiger partial charge is 0.491 e. The number of anilines is 1. The number of carbonyl (C=O) groups excluding carboxylic acids is 1. The minimum Gasteiger partial charge on any atom is -0.491 e.